The molecule has 1 atom stereocenters. The van der Waals surface area contributed by atoms with Gasteiger partial charge in [-0.15, -0.1) is 5.10 Å². The van der Waals surface area contributed by atoms with E-state index in [-0.39, 0.29) is 10.9 Å². The molecule has 1 heterocycles. The van der Waals surface area contributed by atoms with E-state index in [1.165, 1.54) is 11.8 Å². The van der Waals surface area contributed by atoms with E-state index >= 15 is 0 Å². The maximum absolute atomic E-state index is 11.2. The van der Waals surface area contributed by atoms with Gasteiger partial charge < -0.3 is 0 Å². The number of nitriles is 1. The molecule has 0 bridgehead atoms. The Hall–Kier alpha value is -1.22. The van der Waals surface area contributed by atoms with Crippen LogP contribution in [0.15, 0.2) is 9.95 Å². The van der Waals surface area contributed by atoms with Gasteiger partial charge in [0, 0.05) is 6.54 Å². The highest BCUT2D eigenvalue weighted by molar-refractivity contribution is 8.00. The molecule has 0 aliphatic carbocycles. The predicted octanol–water partition coefficient (Wildman–Crippen LogP) is 0.986. The van der Waals surface area contributed by atoms with Gasteiger partial charge in [-0.05, 0) is 13.3 Å². The Bertz CT molecular complexity index is 389. The topological polar surface area (TPSA) is 74.5 Å². The van der Waals surface area contributed by atoms with Gasteiger partial charge in [0.2, 0.25) is 0 Å². The molecule has 0 spiro atoms. The van der Waals surface area contributed by atoms with Crippen LogP contribution in [0.3, 0.4) is 0 Å². The number of H-pyrrole nitrogens is 1. The molecule has 14 heavy (non-hydrogen) atoms. The molecule has 0 aromatic carbocycles. The lowest BCUT2D eigenvalue weighted by Crippen LogP contribution is -2.17. The molecule has 0 radical (unpaired) electrons. The summed E-state index contributed by atoms with van der Waals surface area (Å²) in [5, 5.41) is 15.3. The van der Waals surface area contributed by atoms with Crippen LogP contribution in [0.5, 0.6) is 0 Å². The SMILES string of the molecule is CCCn1c(S[C@@H](C)C#N)n[nH]c1=O. The van der Waals surface area contributed by atoms with Gasteiger partial charge in [-0.2, -0.15) is 5.26 Å². The molecule has 1 N–H and O–H groups in total. The van der Waals surface area contributed by atoms with Crippen LogP contribution in [-0.2, 0) is 6.54 Å². The summed E-state index contributed by atoms with van der Waals surface area (Å²) in [7, 11) is 0. The quantitative estimate of drug-likeness (QED) is 0.755. The van der Waals surface area contributed by atoms with Gasteiger partial charge >= 0.3 is 5.69 Å². The molecular formula is C8H12N4OS. The summed E-state index contributed by atoms with van der Waals surface area (Å²) in [6.45, 7) is 4.40. The van der Waals surface area contributed by atoms with E-state index in [0.717, 1.165) is 6.42 Å². The fourth-order valence-corrected chi connectivity index (χ4v) is 1.77. The lowest BCUT2D eigenvalue weighted by atomic mass is 10.5. The Morgan fingerprint density at radius 3 is 3.07 bits per heavy atom. The van der Waals surface area contributed by atoms with E-state index in [0.29, 0.717) is 11.7 Å². The molecule has 0 amide bonds. The highest BCUT2D eigenvalue weighted by Gasteiger charge is 2.11. The molecule has 76 valence electrons. The standard InChI is InChI=1S/C8H12N4OS/c1-3-4-12-7(13)10-11-8(12)14-6(2)5-9/h6H,3-4H2,1-2H3,(H,10,13)/t6-/m0/s1. The minimum atomic E-state index is -0.209. The van der Waals surface area contributed by atoms with Crippen molar-refractivity contribution in [2.75, 3.05) is 0 Å². The van der Waals surface area contributed by atoms with E-state index in [9.17, 15) is 4.79 Å². The third-order valence-corrected chi connectivity index (χ3v) is 2.62. The molecule has 0 unspecified atom stereocenters. The van der Waals surface area contributed by atoms with Gasteiger partial charge in [0.05, 0.1) is 11.3 Å². The van der Waals surface area contributed by atoms with Crippen LogP contribution in [0.1, 0.15) is 20.3 Å². The number of aromatic amines is 1. The largest absolute Gasteiger partial charge is 0.343 e. The molecule has 0 aliphatic rings. The van der Waals surface area contributed by atoms with Crippen LogP contribution < -0.4 is 5.69 Å². The van der Waals surface area contributed by atoms with Crippen LogP contribution in [0, 0.1) is 11.3 Å². The fourth-order valence-electron chi connectivity index (χ4n) is 0.998. The first-order valence-electron chi connectivity index (χ1n) is 4.40. The minimum Gasteiger partial charge on any atom is -0.270 e. The minimum absolute atomic E-state index is 0.194. The van der Waals surface area contributed by atoms with Gasteiger partial charge in [0.25, 0.3) is 0 Å². The predicted molar refractivity (Wildman–Crippen MR) is 54.1 cm³/mol. The van der Waals surface area contributed by atoms with Gasteiger partial charge in [-0.25, -0.2) is 9.89 Å². The number of rotatable bonds is 4. The summed E-state index contributed by atoms with van der Waals surface area (Å²) in [4.78, 5) is 11.2. The van der Waals surface area contributed by atoms with E-state index in [4.69, 9.17) is 5.26 Å². The maximum Gasteiger partial charge on any atom is 0.343 e. The first kappa shape index (κ1) is 10.9. The average molecular weight is 212 g/mol. The molecule has 0 aliphatic heterocycles. The highest BCUT2D eigenvalue weighted by atomic mass is 32.2. The molecule has 0 saturated heterocycles. The zero-order valence-electron chi connectivity index (χ0n) is 8.15. The average Bonchev–Trinajstić information content (AvgIpc) is 2.50. The lowest BCUT2D eigenvalue weighted by Gasteiger charge is -2.03. The normalized spacial score (nSPS) is 12.4. The van der Waals surface area contributed by atoms with Crippen molar-refractivity contribution in [3.8, 4) is 6.07 Å². The van der Waals surface area contributed by atoms with Gasteiger partial charge in [0.15, 0.2) is 5.16 Å². The smallest absolute Gasteiger partial charge is 0.270 e. The Balaban J connectivity index is 2.87. The number of nitrogens with one attached hydrogen (secondary N) is 1. The molecule has 1 aromatic heterocycles. The highest BCUT2D eigenvalue weighted by Crippen LogP contribution is 2.18. The van der Waals surface area contributed by atoms with Gasteiger partial charge in [-0.1, -0.05) is 18.7 Å². The Labute approximate surface area is 86.1 Å². The first-order chi connectivity index (χ1) is 6.69. The third-order valence-electron chi connectivity index (χ3n) is 1.63. The number of hydrogen-bond acceptors (Lipinski definition) is 4. The zero-order valence-corrected chi connectivity index (χ0v) is 8.97. The monoisotopic (exact) mass is 212 g/mol. The third kappa shape index (κ3) is 2.39. The lowest BCUT2D eigenvalue weighted by molar-refractivity contribution is 0.603. The molecule has 1 aromatic rings. The molecule has 0 fully saturated rings. The van der Waals surface area contributed by atoms with Crippen molar-refractivity contribution in [3.63, 3.8) is 0 Å². The van der Waals surface area contributed by atoms with E-state index in [2.05, 4.69) is 16.3 Å². The number of aromatic nitrogens is 3. The Morgan fingerprint density at radius 2 is 2.50 bits per heavy atom. The molecule has 5 nitrogen and oxygen atoms in total. The van der Waals surface area contributed by atoms with Crippen molar-refractivity contribution in [2.45, 2.75) is 37.2 Å². The second-order valence-corrected chi connectivity index (χ2v) is 4.16. The van der Waals surface area contributed by atoms with Crippen molar-refractivity contribution >= 4 is 11.8 Å². The van der Waals surface area contributed by atoms with Crippen LogP contribution >= 0.6 is 11.8 Å². The fraction of sp³-hybridized carbons (Fsp3) is 0.625. The summed E-state index contributed by atoms with van der Waals surface area (Å²) in [6, 6.07) is 2.09. The Morgan fingerprint density at radius 1 is 1.79 bits per heavy atom. The van der Waals surface area contributed by atoms with Crippen LogP contribution in [0.2, 0.25) is 0 Å². The number of hydrogen-bond donors (Lipinski definition) is 1. The summed E-state index contributed by atoms with van der Waals surface area (Å²) in [6.07, 6.45) is 0.869. The van der Waals surface area contributed by atoms with Gasteiger partial charge in [0.1, 0.15) is 0 Å². The molecule has 6 heteroatoms. The van der Waals surface area contributed by atoms with Crippen molar-refractivity contribution in [1.29, 1.82) is 5.26 Å². The summed E-state index contributed by atoms with van der Waals surface area (Å²) in [5.41, 5.74) is -0.209. The number of nitrogens with zero attached hydrogens (tertiary/aromatic N) is 3. The van der Waals surface area contributed by atoms with Crippen molar-refractivity contribution in [2.24, 2.45) is 0 Å². The van der Waals surface area contributed by atoms with E-state index in [1.807, 2.05) is 6.92 Å². The zero-order chi connectivity index (χ0) is 10.6. The number of thioether (sulfide) groups is 1. The molecule has 1 rings (SSSR count). The van der Waals surface area contributed by atoms with E-state index < -0.39 is 0 Å². The molecule has 0 saturated carbocycles. The van der Waals surface area contributed by atoms with Crippen LogP contribution in [0.4, 0.5) is 0 Å². The second kappa shape index (κ2) is 4.86. The maximum atomic E-state index is 11.2. The molecular weight excluding hydrogens is 200 g/mol. The summed E-state index contributed by atoms with van der Waals surface area (Å²) < 4.78 is 1.55. The first-order valence-corrected chi connectivity index (χ1v) is 5.28. The van der Waals surface area contributed by atoms with Crippen LogP contribution in [0.25, 0.3) is 0 Å². The van der Waals surface area contributed by atoms with Gasteiger partial charge in [-0.3, -0.25) is 4.57 Å². The van der Waals surface area contributed by atoms with Crippen molar-refractivity contribution < 1.29 is 0 Å². The second-order valence-electron chi connectivity index (χ2n) is 2.85. The Kier molecular flexibility index (Phi) is 3.77. The van der Waals surface area contributed by atoms with Crippen molar-refractivity contribution in [1.82, 2.24) is 14.8 Å². The van der Waals surface area contributed by atoms with E-state index in [1.54, 1.807) is 11.5 Å². The van der Waals surface area contributed by atoms with Crippen LogP contribution in [-0.4, -0.2) is 20.0 Å². The summed E-state index contributed by atoms with van der Waals surface area (Å²) >= 11 is 1.29. The summed E-state index contributed by atoms with van der Waals surface area (Å²) in [5.74, 6) is 0. The van der Waals surface area contributed by atoms with Crippen molar-refractivity contribution in [3.05, 3.63) is 10.5 Å².